The molecule has 1 saturated heterocycles. The molecule has 0 radical (unpaired) electrons. The molecule has 10 heteroatoms. The lowest BCUT2D eigenvalue weighted by molar-refractivity contribution is -0.122. The Hall–Kier alpha value is -2.75. The highest BCUT2D eigenvalue weighted by Gasteiger charge is 2.48. The minimum absolute atomic E-state index is 0.000518. The van der Waals surface area contributed by atoms with Crippen LogP contribution in [-0.2, 0) is 24.4 Å². The van der Waals surface area contributed by atoms with Crippen molar-refractivity contribution in [2.75, 3.05) is 10.2 Å². The predicted octanol–water partition coefficient (Wildman–Crippen LogP) is 3.42. The SMILES string of the molecule is CCC(C)N(C1CC(=O)N(c2ccc(NC(C)=O)cc2)C1=O)S(=O)(=O)c1ccc(Cl)cc1. The van der Waals surface area contributed by atoms with Gasteiger partial charge < -0.3 is 5.32 Å². The first-order chi connectivity index (χ1) is 15.1. The Bertz CT molecular complexity index is 1130. The summed E-state index contributed by atoms with van der Waals surface area (Å²) in [4.78, 5) is 38.3. The van der Waals surface area contributed by atoms with Crippen LogP contribution in [0.15, 0.2) is 53.4 Å². The fraction of sp³-hybridized carbons (Fsp3) is 0.318. The molecular weight excluding hydrogens is 454 g/mol. The van der Waals surface area contributed by atoms with Crippen LogP contribution in [0.1, 0.15) is 33.6 Å². The van der Waals surface area contributed by atoms with Crippen molar-refractivity contribution >= 4 is 50.7 Å². The molecule has 0 spiro atoms. The zero-order valence-corrected chi connectivity index (χ0v) is 19.5. The molecule has 0 saturated carbocycles. The van der Waals surface area contributed by atoms with Crippen molar-refractivity contribution in [1.82, 2.24) is 4.31 Å². The molecule has 8 nitrogen and oxygen atoms in total. The van der Waals surface area contributed by atoms with E-state index in [2.05, 4.69) is 5.32 Å². The van der Waals surface area contributed by atoms with E-state index in [4.69, 9.17) is 11.6 Å². The zero-order chi connectivity index (χ0) is 23.6. The fourth-order valence-electron chi connectivity index (χ4n) is 3.60. The van der Waals surface area contributed by atoms with Crippen molar-refractivity contribution in [2.24, 2.45) is 0 Å². The van der Waals surface area contributed by atoms with Crippen molar-refractivity contribution in [3.05, 3.63) is 53.6 Å². The number of nitrogens with zero attached hydrogens (tertiary/aromatic N) is 2. The molecule has 3 amide bonds. The monoisotopic (exact) mass is 477 g/mol. The highest BCUT2D eigenvalue weighted by atomic mass is 35.5. The number of imide groups is 1. The van der Waals surface area contributed by atoms with Gasteiger partial charge in [-0.05, 0) is 61.9 Å². The van der Waals surface area contributed by atoms with Gasteiger partial charge in [0.15, 0.2) is 0 Å². The summed E-state index contributed by atoms with van der Waals surface area (Å²) in [5.41, 5.74) is 0.827. The molecule has 2 aromatic rings. The van der Waals surface area contributed by atoms with Crippen molar-refractivity contribution < 1.29 is 22.8 Å². The summed E-state index contributed by atoms with van der Waals surface area (Å²) in [6.07, 6.45) is 0.194. The second-order valence-electron chi connectivity index (χ2n) is 7.56. The molecule has 2 aromatic carbocycles. The van der Waals surface area contributed by atoms with Gasteiger partial charge in [-0.25, -0.2) is 13.3 Å². The molecule has 1 fully saturated rings. The number of halogens is 1. The largest absolute Gasteiger partial charge is 0.326 e. The number of hydrogen-bond donors (Lipinski definition) is 1. The summed E-state index contributed by atoms with van der Waals surface area (Å²) in [5.74, 6) is -1.35. The van der Waals surface area contributed by atoms with Crippen LogP contribution in [0.2, 0.25) is 5.02 Å². The van der Waals surface area contributed by atoms with Gasteiger partial charge in [0.25, 0.3) is 5.91 Å². The third kappa shape index (κ3) is 4.69. The Labute approximate surface area is 192 Å². The number of benzene rings is 2. The summed E-state index contributed by atoms with van der Waals surface area (Å²) in [6.45, 7) is 4.89. The van der Waals surface area contributed by atoms with Gasteiger partial charge in [0.2, 0.25) is 21.8 Å². The first-order valence-electron chi connectivity index (χ1n) is 10.1. The Morgan fingerprint density at radius 1 is 1.16 bits per heavy atom. The van der Waals surface area contributed by atoms with E-state index in [0.29, 0.717) is 22.8 Å². The average Bonchev–Trinajstić information content (AvgIpc) is 3.02. The fourth-order valence-corrected chi connectivity index (χ4v) is 5.57. The first kappa shape index (κ1) is 23.9. The maximum absolute atomic E-state index is 13.4. The molecule has 32 heavy (non-hydrogen) atoms. The normalized spacial score (nSPS) is 17.7. The van der Waals surface area contributed by atoms with Crippen LogP contribution in [0, 0.1) is 0 Å². The van der Waals surface area contributed by atoms with Gasteiger partial charge >= 0.3 is 0 Å². The van der Waals surface area contributed by atoms with Crippen molar-refractivity contribution in [2.45, 2.75) is 50.6 Å². The van der Waals surface area contributed by atoms with E-state index in [-0.39, 0.29) is 17.2 Å². The standard InChI is InChI=1S/C22H24ClN3O5S/c1-4-14(2)26(32(30,31)19-11-5-16(23)6-12-19)20-13-21(28)25(22(20)29)18-9-7-17(8-10-18)24-15(3)27/h5-12,14,20H,4,13H2,1-3H3,(H,24,27). The van der Waals surface area contributed by atoms with Crippen LogP contribution >= 0.6 is 11.6 Å². The molecule has 2 atom stereocenters. The summed E-state index contributed by atoms with van der Waals surface area (Å²) < 4.78 is 28.0. The summed E-state index contributed by atoms with van der Waals surface area (Å²) in [6, 6.07) is 10.2. The number of amides is 3. The molecule has 1 heterocycles. The summed E-state index contributed by atoms with van der Waals surface area (Å²) >= 11 is 5.89. The third-order valence-electron chi connectivity index (χ3n) is 5.29. The van der Waals surface area contributed by atoms with Crippen LogP contribution in [0.4, 0.5) is 11.4 Å². The van der Waals surface area contributed by atoms with E-state index >= 15 is 0 Å². The molecule has 170 valence electrons. The van der Waals surface area contributed by atoms with E-state index in [9.17, 15) is 22.8 Å². The summed E-state index contributed by atoms with van der Waals surface area (Å²) in [5, 5.41) is 3.00. The van der Waals surface area contributed by atoms with Crippen molar-refractivity contribution in [1.29, 1.82) is 0 Å². The number of sulfonamides is 1. The second kappa shape index (κ2) is 9.40. The van der Waals surface area contributed by atoms with Crippen LogP contribution in [-0.4, -0.2) is 42.5 Å². The molecule has 3 rings (SSSR count). The van der Waals surface area contributed by atoms with E-state index in [1.807, 2.05) is 6.92 Å². The molecule has 1 N–H and O–H groups in total. The Morgan fingerprint density at radius 2 is 1.75 bits per heavy atom. The minimum Gasteiger partial charge on any atom is -0.326 e. The summed E-state index contributed by atoms with van der Waals surface area (Å²) in [7, 11) is -4.07. The molecule has 1 aliphatic rings. The Kier molecular flexibility index (Phi) is 7.02. The number of anilines is 2. The topological polar surface area (TPSA) is 104 Å². The molecule has 1 aliphatic heterocycles. The van der Waals surface area contributed by atoms with Crippen molar-refractivity contribution in [3.63, 3.8) is 0 Å². The van der Waals surface area contributed by atoms with E-state index in [1.165, 1.54) is 43.3 Å². The van der Waals surface area contributed by atoms with Gasteiger partial charge in [-0.2, -0.15) is 4.31 Å². The average molecular weight is 478 g/mol. The number of nitrogens with one attached hydrogen (secondary N) is 1. The van der Waals surface area contributed by atoms with Crippen molar-refractivity contribution in [3.8, 4) is 0 Å². The highest BCUT2D eigenvalue weighted by Crippen LogP contribution is 2.32. The molecular formula is C22H24ClN3O5S. The van der Waals surface area contributed by atoms with E-state index in [1.54, 1.807) is 19.1 Å². The minimum atomic E-state index is -4.07. The van der Waals surface area contributed by atoms with Crippen LogP contribution < -0.4 is 10.2 Å². The van der Waals surface area contributed by atoms with Crippen LogP contribution in [0.25, 0.3) is 0 Å². The van der Waals surface area contributed by atoms with E-state index in [0.717, 1.165) is 9.21 Å². The molecule has 0 aromatic heterocycles. The number of carbonyl (C=O) groups is 3. The lowest BCUT2D eigenvalue weighted by atomic mass is 10.2. The molecule has 0 bridgehead atoms. The van der Waals surface area contributed by atoms with Gasteiger partial charge in [-0.1, -0.05) is 18.5 Å². The quantitative estimate of drug-likeness (QED) is 0.615. The van der Waals surface area contributed by atoms with E-state index < -0.39 is 33.9 Å². The van der Waals surface area contributed by atoms with Gasteiger partial charge in [0.1, 0.15) is 6.04 Å². The van der Waals surface area contributed by atoms with Gasteiger partial charge in [0.05, 0.1) is 17.0 Å². The number of hydrogen-bond acceptors (Lipinski definition) is 5. The zero-order valence-electron chi connectivity index (χ0n) is 17.9. The maximum Gasteiger partial charge on any atom is 0.252 e. The highest BCUT2D eigenvalue weighted by molar-refractivity contribution is 7.89. The van der Waals surface area contributed by atoms with Gasteiger partial charge in [-0.3, -0.25) is 14.4 Å². The lowest BCUT2D eigenvalue weighted by Gasteiger charge is -2.31. The molecule has 0 aliphatic carbocycles. The number of carbonyl (C=O) groups excluding carboxylic acids is 3. The van der Waals surface area contributed by atoms with Crippen LogP contribution in [0.5, 0.6) is 0 Å². The first-order valence-corrected chi connectivity index (χ1v) is 11.9. The Balaban J connectivity index is 1.95. The second-order valence-corrected chi connectivity index (χ2v) is 9.84. The van der Waals surface area contributed by atoms with Gasteiger partial charge in [-0.15, -0.1) is 0 Å². The third-order valence-corrected chi connectivity index (χ3v) is 7.58. The predicted molar refractivity (Wildman–Crippen MR) is 122 cm³/mol. The smallest absolute Gasteiger partial charge is 0.252 e. The molecule has 2 unspecified atom stereocenters. The lowest BCUT2D eigenvalue weighted by Crippen LogP contribution is -2.49. The Morgan fingerprint density at radius 3 is 2.28 bits per heavy atom. The number of rotatable bonds is 7. The maximum atomic E-state index is 13.4. The van der Waals surface area contributed by atoms with Gasteiger partial charge in [0, 0.05) is 23.7 Å². The van der Waals surface area contributed by atoms with Crippen LogP contribution in [0.3, 0.4) is 0 Å².